The Balaban J connectivity index is 2.47. The molecule has 118 valence electrons. The lowest BCUT2D eigenvalue weighted by atomic mass is 10.1. The first-order valence-electron chi connectivity index (χ1n) is 6.96. The van der Waals surface area contributed by atoms with Crippen molar-refractivity contribution in [2.45, 2.75) is 25.8 Å². The van der Waals surface area contributed by atoms with Crippen molar-refractivity contribution in [3.63, 3.8) is 0 Å². The molecule has 0 radical (unpaired) electrons. The van der Waals surface area contributed by atoms with Crippen molar-refractivity contribution in [3.05, 3.63) is 18.5 Å². The number of aromatic nitrogens is 2. The van der Waals surface area contributed by atoms with Gasteiger partial charge in [-0.3, -0.25) is 0 Å². The Morgan fingerprint density at radius 2 is 1.95 bits per heavy atom. The number of methoxy groups -OCH3 is 2. The molecule has 0 amide bonds. The number of nitrogens with one attached hydrogen (secondary N) is 1. The number of benzene rings is 1. The molecule has 7 heteroatoms. The maximum Gasteiger partial charge on any atom is 0.326 e. The first-order valence-corrected chi connectivity index (χ1v) is 6.96. The third-order valence-electron chi connectivity index (χ3n) is 3.33. The van der Waals surface area contributed by atoms with E-state index in [1.54, 1.807) is 19.2 Å². The molecule has 0 aliphatic heterocycles. The van der Waals surface area contributed by atoms with E-state index in [9.17, 15) is 9.90 Å². The van der Waals surface area contributed by atoms with Gasteiger partial charge in [-0.15, -0.1) is 0 Å². The molecule has 0 fully saturated rings. The predicted molar refractivity (Wildman–Crippen MR) is 82.6 cm³/mol. The van der Waals surface area contributed by atoms with Gasteiger partial charge in [-0.05, 0) is 12.5 Å². The largest absolute Gasteiger partial charge is 0.493 e. The number of carbonyl (C=O) groups is 1. The molecule has 2 rings (SSSR count). The highest BCUT2D eigenvalue weighted by Crippen LogP contribution is 2.33. The number of hydrogen-bond donors (Lipinski definition) is 2. The van der Waals surface area contributed by atoms with E-state index in [0.29, 0.717) is 34.6 Å². The first-order chi connectivity index (χ1) is 10.6. The fourth-order valence-electron chi connectivity index (χ4n) is 2.21. The van der Waals surface area contributed by atoms with Crippen molar-refractivity contribution in [3.8, 4) is 11.5 Å². The van der Waals surface area contributed by atoms with E-state index in [4.69, 9.17) is 9.47 Å². The predicted octanol–water partition coefficient (Wildman–Crippen LogP) is 2.31. The summed E-state index contributed by atoms with van der Waals surface area (Å²) in [7, 11) is 3.09. The number of aliphatic carboxylic acids is 1. The lowest BCUT2D eigenvalue weighted by molar-refractivity contribution is -0.138. The summed E-state index contributed by atoms with van der Waals surface area (Å²) in [6.07, 6.45) is 2.65. The number of carboxylic acid groups (broad SMARTS) is 1. The van der Waals surface area contributed by atoms with Crippen molar-refractivity contribution in [2.24, 2.45) is 0 Å². The van der Waals surface area contributed by atoms with Gasteiger partial charge in [0.05, 0.1) is 19.7 Å². The molecule has 1 aromatic heterocycles. The van der Waals surface area contributed by atoms with Crippen LogP contribution in [0.2, 0.25) is 0 Å². The summed E-state index contributed by atoms with van der Waals surface area (Å²) in [4.78, 5) is 19.7. The van der Waals surface area contributed by atoms with E-state index in [-0.39, 0.29) is 0 Å². The normalized spacial score (nSPS) is 12.0. The fourth-order valence-corrected chi connectivity index (χ4v) is 2.21. The highest BCUT2D eigenvalue weighted by atomic mass is 16.5. The monoisotopic (exact) mass is 305 g/mol. The molecule has 2 aromatic rings. The molecular formula is C15H19N3O4. The molecule has 1 heterocycles. The second kappa shape index (κ2) is 6.93. The van der Waals surface area contributed by atoms with E-state index in [1.165, 1.54) is 13.4 Å². The Kier molecular flexibility index (Phi) is 4.98. The summed E-state index contributed by atoms with van der Waals surface area (Å²) in [6.45, 7) is 1.93. The Hall–Kier alpha value is -2.57. The zero-order chi connectivity index (χ0) is 16.1. The van der Waals surface area contributed by atoms with Gasteiger partial charge in [0, 0.05) is 11.5 Å². The third-order valence-corrected chi connectivity index (χ3v) is 3.33. The van der Waals surface area contributed by atoms with Crippen LogP contribution in [0.15, 0.2) is 18.5 Å². The Labute approximate surface area is 128 Å². The van der Waals surface area contributed by atoms with Crippen LogP contribution in [0.1, 0.15) is 19.8 Å². The van der Waals surface area contributed by atoms with E-state index in [1.807, 2.05) is 6.92 Å². The molecule has 0 aliphatic rings. The summed E-state index contributed by atoms with van der Waals surface area (Å²) < 4.78 is 10.5. The Morgan fingerprint density at radius 3 is 2.55 bits per heavy atom. The van der Waals surface area contributed by atoms with Gasteiger partial charge in [-0.25, -0.2) is 14.8 Å². The van der Waals surface area contributed by atoms with Gasteiger partial charge in [0.25, 0.3) is 0 Å². The maximum absolute atomic E-state index is 11.3. The second-order valence-corrected chi connectivity index (χ2v) is 4.77. The number of nitrogens with zero attached hydrogens (tertiary/aromatic N) is 2. The number of carboxylic acids is 1. The second-order valence-electron chi connectivity index (χ2n) is 4.77. The molecule has 1 aromatic carbocycles. The van der Waals surface area contributed by atoms with Gasteiger partial charge in [0.15, 0.2) is 11.5 Å². The van der Waals surface area contributed by atoms with Crippen LogP contribution in [0.4, 0.5) is 5.82 Å². The highest BCUT2D eigenvalue weighted by Gasteiger charge is 2.18. The lowest BCUT2D eigenvalue weighted by Gasteiger charge is -2.16. The standard InChI is InChI=1S/C15H19N3O4/c1-4-5-10(15(19)20)18-14-9-6-12(21-2)13(22-3)7-11(9)16-8-17-14/h6-8,10H,4-5H2,1-3H3,(H,19,20)(H,16,17,18). The van der Waals surface area contributed by atoms with Crippen molar-refractivity contribution in [1.29, 1.82) is 0 Å². The van der Waals surface area contributed by atoms with Gasteiger partial charge < -0.3 is 19.9 Å². The minimum absolute atomic E-state index is 0.465. The van der Waals surface area contributed by atoms with Gasteiger partial charge in [-0.2, -0.15) is 0 Å². The SMILES string of the molecule is CCCC(Nc1ncnc2cc(OC)c(OC)cc12)C(=O)O. The van der Waals surface area contributed by atoms with Crippen LogP contribution in [-0.2, 0) is 4.79 Å². The van der Waals surface area contributed by atoms with Gasteiger partial charge >= 0.3 is 5.97 Å². The minimum Gasteiger partial charge on any atom is -0.493 e. The van der Waals surface area contributed by atoms with Crippen molar-refractivity contribution in [2.75, 3.05) is 19.5 Å². The van der Waals surface area contributed by atoms with Gasteiger partial charge in [0.2, 0.25) is 0 Å². The zero-order valence-corrected chi connectivity index (χ0v) is 12.8. The molecule has 0 spiro atoms. The number of ether oxygens (including phenoxy) is 2. The van der Waals surface area contributed by atoms with E-state index in [2.05, 4.69) is 15.3 Å². The quantitative estimate of drug-likeness (QED) is 0.810. The van der Waals surface area contributed by atoms with E-state index >= 15 is 0 Å². The van der Waals surface area contributed by atoms with Crippen molar-refractivity contribution >= 4 is 22.7 Å². The molecule has 2 N–H and O–H groups in total. The molecule has 0 bridgehead atoms. The minimum atomic E-state index is -0.908. The van der Waals surface area contributed by atoms with Crippen molar-refractivity contribution in [1.82, 2.24) is 9.97 Å². The number of anilines is 1. The Bertz CT molecular complexity index is 675. The first kappa shape index (κ1) is 15.8. The molecule has 0 saturated carbocycles. The van der Waals surface area contributed by atoms with E-state index in [0.717, 1.165) is 6.42 Å². The topological polar surface area (TPSA) is 93.6 Å². The molecule has 1 atom stereocenters. The highest BCUT2D eigenvalue weighted by molar-refractivity contribution is 5.93. The third kappa shape index (κ3) is 3.19. The van der Waals surface area contributed by atoms with Gasteiger partial charge in [-0.1, -0.05) is 13.3 Å². The summed E-state index contributed by atoms with van der Waals surface area (Å²) in [5.74, 6) is 0.652. The molecule has 22 heavy (non-hydrogen) atoms. The smallest absolute Gasteiger partial charge is 0.326 e. The summed E-state index contributed by atoms with van der Waals surface area (Å²) in [5, 5.41) is 12.9. The number of hydrogen-bond acceptors (Lipinski definition) is 6. The summed E-state index contributed by atoms with van der Waals surface area (Å²) >= 11 is 0. The lowest BCUT2D eigenvalue weighted by Crippen LogP contribution is -2.29. The van der Waals surface area contributed by atoms with Crippen LogP contribution in [0, 0.1) is 0 Å². The van der Waals surface area contributed by atoms with Crippen LogP contribution in [-0.4, -0.2) is 41.3 Å². The molecule has 7 nitrogen and oxygen atoms in total. The van der Waals surface area contributed by atoms with E-state index < -0.39 is 12.0 Å². The average Bonchev–Trinajstić information content (AvgIpc) is 2.53. The average molecular weight is 305 g/mol. The molecule has 0 saturated heterocycles. The maximum atomic E-state index is 11.3. The zero-order valence-electron chi connectivity index (χ0n) is 12.8. The number of fused-ring (bicyclic) bond motifs is 1. The Morgan fingerprint density at radius 1 is 1.27 bits per heavy atom. The number of rotatable bonds is 7. The van der Waals surface area contributed by atoms with Crippen LogP contribution in [0.5, 0.6) is 11.5 Å². The van der Waals surface area contributed by atoms with Crippen molar-refractivity contribution < 1.29 is 19.4 Å². The van der Waals surface area contributed by atoms with Crippen LogP contribution in [0.25, 0.3) is 10.9 Å². The molecule has 1 unspecified atom stereocenters. The van der Waals surface area contributed by atoms with Crippen LogP contribution < -0.4 is 14.8 Å². The molecule has 0 aliphatic carbocycles. The fraction of sp³-hybridized carbons (Fsp3) is 0.400. The summed E-state index contributed by atoms with van der Waals surface area (Å²) in [6, 6.07) is 2.77. The van der Waals surface area contributed by atoms with Crippen LogP contribution in [0.3, 0.4) is 0 Å². The molecular weight excluding hydrogens is 286 g/mol. The van der Waals surface area contributed by atoms with Crippen LogP contribution >= 0.6 is 0 Å². The summed E-state index contributed by atoms with van der Waals surface area (Å²) in [5.41, 5.74) is 0.649. The van der Waals surface area contributed by atoms with Gasteiger partial charge in [0.1, 0.15) is 18.2 Å².